The predicted octanol–water partition coefficient (Wildman–Crippen LogP) is 9.01. The zero-order valence-electron chi connectivity index (χ0n) is 29.2. The summed E-state index contributed by atoms with van der Waals surface area (Å²) in [6.07, 6.45) is 3.05. The minimum atomic E-state index is -1.04. The average molecular weight is 713 g/mol. The van der Waals surface area contributed by atoms with Crippen molar-refractivity contribution in [2.24, 2.45) is 14.1 Å². The molecule has 7 rings (SSSR count). The van der Waals surface area contributed by atoms with Crippen molar-refractivity contribution < 1.29 is 19.4 Å². The molecule has 1 aliphatic rings. The number of rotatable bonds is 8. The third-order valence-electron chi connectivity index (χ3n) is 10.1. The van der Waals surface area contributed by atoms with Gasteiger partial charge < -0.3 is 23.9 Å². The average Bonchev–Trinajstić information content (AvgIpc) is 3.69. The highest BCUT2D eigenvalue weighted by atomic mass is 35.5. The number of carboxylic acids is 1. The number of hydrogen-bond acceptors (Lipinski definition) is 4. The standard InChI is InChI=1S/C39H39Cl2N5O4/c1-20-15-26(16-21(2)35(20)41)50-14-8-9-28-29-10-11-31(40)34(33-23(4)42-44(7)24(33)5)36(29)46-22(3)19-45(38(47)37(28)46)25-17-30(39(48)49)27-12-13-43(6)32(27)18-25/h10-13,15-18,22H,8-9,14,19H2,1-7H3,(H,48,49)/t22-/m0/s1. The first-order valence-electron chi connectivity index (χ1n) is 16.7. The maximum atomic E-state index is 14.9. The number of aryl methyl sites for hydroxylation is 6. The van der Waals surface area contributed by atoms with Gasteiger partial charge in [-0.15, -0.1) is 0 Å². The van der Waals surface area contributed by atoms with Gasteiger partial charge in [0.2, 0.25) is 0 Å². The maximum Gasteiger partial charge on any atom is 0.336 e. The van der Waals surface area contributed by atoms with Gasteiger partial charge >= 0.3 is 5.97 Å². The first kappa shape index (κ1) is 33.8. The minimum Gasteiger partial charge on any atom is -0.494 e. The van der Waals surface area contributed by atoms with Crippen LogP contribution in [-0.4, -0.2) is 49.0 Å². The van der Waals surface area contributed by atoms with Gasteiger partial charge in [-0.1, -0.05) is 29.3 Å². The number of benzene rings is 3. The Hall–Kier alpha value is -4.73. The quantitative estimate of drug-likeness (QED) is 0.159. The Morgan fingerprint density at radius 3 is 2.38 bits per heavy atom. The van der Waals surface area contributed by atoms with Crippen molar-refractivity contribution in [1.82, 2.24) is 18.9 Å². The van der Waals surface area contributed by atoms with E-state index in [1.807, 2.05) is 87.6 Å². The molecule has 1 atom stereocenters. The maximum absolute atomic E-state index is 14.9. The van der Waals surface area contributed by atoms with Crippen LogP contribution in [0.4, 0.5) is 5.69 Å². The highest BCUT2D eigenvalue weighted by Gasteiger charge is 2.37. The highest BCUT2D eigenvalue weighted by molar-refractivity contribution is 6.35. The zero-order valence-corrected chi connectivity index (χ0v) is 30.7. The fourth-order valence-corrected chi connectivity index (χ4v) is 8.00. The summed E-state index contributed by atoms with van der Waals surface area (Å²) in [6, 6.07) is 12.9. The number of anilines is 1. The molecule has 11 heteroatoms. The van der Waals surface area contributed by atoms with Crippen molar-refractivity contribution >= 4 is 62.6 Å². The number of carbonyl (C=O) groups is 2. The number of aromatic nitrogens is 4. The monoisotopic (exact) mass is 711 g/mol. The fourth-order valence-electron chi connectivity index (χ4n) is 7.64. The lowest BCUT2D eigenvalue weighted by Crippen LogP contribution is -2.42. The number of nitrogens with zero attached hydrogens (tertiary/aromatic N) is 5. The lowest BCUT2D eigenvalue weighted by molar-refractivity contribution is 0.0698. The Bertz CT molecular complexity index is 2360. The molecule has 0 saturated carbocycles. The van der Waals surface area contributed by atoms with Gasteiger partial charge in [0.25, 0.3) is 5.91 Å². The topological polar surface area (TPSA) is 94.5 Å². The molecule has 0 radical (unpaired) electrons. The summed E-state index contributed by atoms with van der Waals surface area (Å²) in [4.78, 5) is 29.0. The second-order valence-electron chi connectivity index (χ2n) is 13.4. The first-order valence-corrected chi connectivity index (χ1v) is 17.4. The first-order chi connectivity index (χ1) is 23.8. The summed E-state index contributed by atoms with van der Waals surface area (Å²) in [7, 11) is 3.79. The number of fused-ring (bicyclic) bond motifs is 4. The lowest BCUT2D eigenvalue weighted by Gasteiger charge is -2.34. The van der Waals surface area contributed by atoms with E-state index in [2.05, 4.69) is 11.5 Å². The summed E-state index contributed by atoms with van der Waals surface area (Å²) in [5.74, 6) is -0.473. The Balaban J connectivity index is 1.38. The van der Waals surface area contributed by atoms with Crippen LogP contribution in [0.15, 0.2) is 48.7 Å². The van der Waals surface area contributed by atoms with Gasteiger partial charge in [0.05, 0.1) is 33.9 Å². The Morgan fingerprint density at radius 1 is 1.00 bits per heavy atom. The van der Waals surface area contributed by atoms with E-state index in [4.69, 9.17) is 33.0 Å². The van der Waals surface area contributed by atoms with E-state index in [1.54, 1.807) is 17.0 Å². The van der Waals surface area contributed by atoms with Gasteiger partial charge in [0, 0.05) is 71.2 Å². The number of ether oxygens (including phenoxy) is 1. The van der Waals surface area contributed by atoms with E-state index in [-0.39, 0.29) is 17.5 Å². The second kappa shape index (κ2) is 12.5. The van der Waals surface area contributed by atoms with Gasteiger partial charge in [-0.05, 0) is 101 Å². The number of amides is 1. The van der Waals surface area contributed by atoms with Crippen molar-refractivity contribution in [3.05, 3.63) is 98.0 Å². The molecule has 1 amide bonds. The number of carboxylic acid groups (broad SMARTS) is 1. The molecular formula is C39H39Cl2N5O4. The molecule has 258 valence electrons. The molecule has 9 nitrogen and oxygen atoms in total. The largest absolute Gasteiger partial charge is 0.494 e. The molecule has 50 heavy (non-hydrogen) atoms. The zero-order chi connectivity index (χ0) is 35.8. The molecule has 4 heterocycles. The summed E-state index contributed by atoms with van der Waals surface area (Å²) in [5.41, 5.74) is 9.38. The Morgan fingerprint density at radius 2 is 1.72 bits per heavy atom. The molecule has 3 aromatic carbocycles. The third kappa shape index (κ3) is 5.34. The van der Waals surface area contributed by atoms with Gasteiger partial charge in [0.1, 0.15) is 11.4 Å². The molecule has 0 saturated heterocycles. The van der Waals surface area contributed by atoms with Crippen molar-refractivity contribution in [2.75, 3.05) is 18.1 Å². The van der Waals surface area contributed by atoms with Crippen LogP contribution in [0.1, 0.15) is 68.3 Å². The Kier molecular flexibility index (Phi) is 8.47. The van der Waals surface area contributed by atoms with Gasteiger partial charge in [0.15, 0.2) is 0 Å². The molecule has 6 aromatic rings. The van der Waals surface area contributed by atoms with Crippen LogP contribution in [-0.2, 0) is 20.5 Å². The van der Waals surface area contributed by atoms with Crippen LogP contribution in [0, 0.1) is 27.7 Å². The number of hydrogen-bond donors (Lipinski definition) is 1. The van der Waals surface area contributed by atoms with Crippen LogP contribution in [0.3, 0.4) is 0 Å². The van der Waals surface area contributed by atoms with Crippen LogP contribution in [0.25, 0.3) is 32.9 Å². The van der Waals surface area contributed by atoms with Crippen molar-refractivity contribution in [3.63, 3.8) is 0 Å². The van der Waals surface area contributed by atoms with Crippen LogP contribution in [0.5, 0.6) is 5.75 Å². The lowest BCUT2D eigenvalue weighted by atomic mass is 9.98. The summed E-state index contributed by atoms with van der Waals surface area (Å²) in [6.45, 7) is 10.8. The van der Waals surface area contributed by atoms with Gasteiger partial charge in [-0.2, -0.15) is 5.10 Å². The van der Waals surface area contributed by atoms with Crippen molar-refractivity contribution in [1.29, 1.82) is 0 Å². The van der Waals surface area contributed by atoms with E-state index >= 15 is 0 Å². The van der Waals surface area contributed by atoms with Gasteiger partial charge in [-0.25, -0.2) is 4.79 Å². The number of aromatic carboxylic acids is 1. The molecule has 0 bridgehead atoms. The van der Waals surface area contributed by atoms with Gasteiger partial charge in [-0.3, -0.25) is 9.48 Å². The predicted molar refractivity (Wildman–Crippen MR) is 200 cm³/mol. The van der Waals surface area contributed by atoms with Crippen LogP contribution < -0.4 is 9.64 Å². The van der Waals surface area contributed by atoms with Crippen molar-refractivity contribution in [2.45, 2.75) is 53.5 Å². The van der Waals surface area contributed by atoms with E-state index in [0.717, 1.165) is 66.4 Å². The van der Waals surface area contributed by atoms with E-state index in [1.165, 1.54) is 0 Å². The smallest absolute Gasteiger partial charge is 0.336 e. The molecule has 0 spiro atoms. The number of halogens is 2. The summed E-state index contributed by atoms with van der Waals surface area (Å²) >= 11 is 13.4. The second-order valence-corrected chi connectivity index (χ2v) is 14.2. The molecule has 0 fully saturated rings. The van der Waals surface area contributed by atoms with Crippen LogP contribution in [0.2, 0.25) is 10.0 Å². The minimum absolute atomic E-state index is 0.159. The number of carbonyl (C=O) groups excluding carboxylic acids is 1. The normalized spacial score (nSPS) is 14.6. The molecular weight excluding hydrogens is 673 g/mol. The molecule has 1 N–H and O–H groups in total. The highest BCUT2D eigenvalue weighted by Crippen LogP contribution is 2.45. The van der Waals surface area contributed by atoms with E-state index in [0.29, 0.717) is 47.8 Å². The SMILES string of the molecule is Cc1cc(OCCCc2c3n(c4c(-c5c(C)nn(C)c5C)c(Cl)ccc24)[C@@H](C)CN(c2cc(C(=O)O)c4ccn(C)c4c2)C3=O)cc(C)c1Cl. The summed E-state index contributed by atoms with van der Waals surface area (Å²) < 4.78 is 12.1. The molecule has 3 aromatic heterocycles. The Labute approximate surface area is 300 Å². The summed E-state index contributed by atoms with van der Waals surface area (Å²) in [5, 5.41) is 17.7. The molecule has 0 aliphatic carbocycles. The van der Waals surface area contributed by atoms with Crippen molar-refractivity contribution in [3.8, 4) is 16.9 Å². The van der Waals surface area contributed by atoms with E-state index in [9.17, 15) is 14.7 Å². The fraction of sp³-hybridized carbons (Fsp3) is 0.308. The van der Waals surface area contributed by atoms with E-state index < -0.39 is 5.97 Å². The van der Waals surface area contributed by atoms with Crippen LogP contribution >= 0.6 is 23.2 Å². The molecule has 1 aliphatic heterocycles. The third-order valence-corrected chi connectivity index (χ3v) is 11.0. The molecule has 0 unspecified atom stereocenters.